The predicted octanol–water partition coefficient (Wildman–Crippen LogP) is 4.14. The molecule has 1 aromatic heterocycles. The zero-order valence-corrected chi connectivity index (χ0v) is 11.4. The van der Waals surface area contributed by atoms with E-state index < -0.39 is 5.41 Å². The van der Waals surface area contributed by atoms with Crippen LogP contribution in [-0.4, -0.2) is 10.1 Å². The van der Waals surface area contributed by atoms with Crippen molar-refractivity contribution in [3.8, 4) is 6.07 Å². The third-order valence-corrected chi connectivity index (χ3v) is 3.62. The SMILES string of the molecule is CC(C)(C)/C(O)=C(\C#N)c1nc2ccccc2s1. The van der Waals surface area contributed by atoms with Crippen LogP contribution in [0.2, 0.25) is 0 Å². The summed E-state index contributed by atoms with van der Waals surface area (Å²) in [6, 6.07) is 9.76. The van der Waals surface area contributed by atoms with Gasteiger partial charge in [-0.2, -0.15) is 5.26 Å². The molecule has 3 nitrogen and oxygen atoms in total. The molecule has 92 valence electrons. The van der Waals surface area contributed by atoms with Crippen LogP contribution in [0, 0.1) is 16.7 Å². The number of aliphatic hydroxyl groups excluding tert-OH is 1. The number of aromatic nitrogens is 1. The highest BCUT2D eigenvalue weighted by Gasteiger charge is 2.23. The number of para-hydroxylation sites is 1. The third-order valence-electron chi connectivity index (χ3n) is 2.57. The topological polar surface area (TPSA) is 56.9 Å². The highest BCUT2D eigenvalue weighted by Crippen LogP contribution is 2.33. The van der Waals surface area contributed by atoms with Crippen molar-refractivity contribution >= 4 is 27.1 Å². The number of nitrogens with zero attached hydrogens (tertiary/aromatic N) is 2. The molecule has 2 rings (SSSR count). The number of nitriles is 1. The maximum atomic E-state index is 10.1. The first-order valence-corrected chi connectivity index (χ1v) is 6.45. The monoisotopic (exact) mass is 258 g/mol. The van der Waals surface area contributed by atoms with Gasteiger partial charge in [0.25, 0.3) is 0 Å². The molecule has 0 bridgehead atoms. The summed E-state index contributed by atoms with van der Waals surface area (Å²) in [6.07, 6.45) is 0. The van der Waals surface area contributed by atoms with Crippen molar-refractivity contribution in [3.63, 3.8) is 0 Å². The minimum atomic E-state index is -0.455. The summed E-state index contributed by atoms with van der Waals surface area (Å²) >= 11 is 1.42. The Labute approximate surface area is 110 Å². The van der Waals surface area contributed by atoms with Gasteiger partial charge in [0, 0.05) is 5.41 Å². The Morgan fingerprint density at radius 1 is 1.33 bits per heavy atom. The van der Waals surface area contributed by atoms with E-state index in [4.69, 9.17) is 0 Å². The lowest BCUT2D eigenvalue weighted by Crippen LogP contribution is -2.10. The van der Waals surface area contributed by atoms with E-state index in [2.05, 4.69) is 11.1 Å². The first-order valence-electron chi connectivity index (χ1n) is 5.63. The molecule has 2 aromatic rings. The molecule has 0 aliphatic heterocycles. The van der Waals surface area contributed by atoms with Gasteiger partial charge in [-0.25, -0.2) is 4.98 Å². The number of fused-ring (bicyclic) bond motifs is 1. The Kier molecular flexibility index (Phi) is 3.10. The van der Waals surface area contributed by atoms with E-state index in [1.807, 2.05) is 45.0 Å². The average Bonchev–Trinajstić information content (AvgIpc) is 2.71. The van der Waals surface area contributed by atoms with Crippen LogP contribution in [0.4, 0.5) is 0 Å². The van der Waals surface area contributed by atoms with Crippen LogP contribution in [-0.2, 0) is 0 Å². The normalized spacial score (nSPS) is 13.2. The molecular weight excluding hydrogens is 244 g/mol. The van der Waals surface area contributed by atoms with Crippen LogP contribution in [0.3, 0.4) is 0 Å². The second kappa shape index (κ2) is 4.43. The van der Waals surface area contributed by atoms with Crippen LogP contribution in [0.25, 0.3) is 15.8 Å². The molecule has 1 N–H and O–H groups in total. The van der Waals surface area contributed by atoms with Crippen LogP contribution in [0.15, 0.2) is 30.0 Å². The van der Waals surface area contributed by atoms with Gasteiger partial charge in [-0.1, -0.05) is 32.9 Å². The van der Waals surface area contributed by atoms with Crippen molar-refractivity contribution in [2.45, 2.75) is 20.8 Å². The second-order valence-corrected chi connectivity index (χ2v) is 6.10. The first-order chi connectivity index (χ1) is 8.43. The molecule has 0 spiro atoms. The Balaban J connectivity index is 2.62. The summed E-state index contributed by atoms with van der Waals surface area (Å²) in [5.41, 5.74) is 0.666. The molecule has 0 atom stereocenters. The van der Waals surface area contributed by atoms with Crippen LogP contribution in [0.5, 0.6) is 0 Å². The van der Waals surface area contributed by atoms with E-state index in [0.29, 0.717) is 5.01 Å². The summed E-state index contributed by atoms with van der Waals surface area (Å²) in [6.45, 7) is 5.60. The van der Waals surface area contributed by atoms with Gasteiger partial charge in [0.2, 0.25) is 0 Å². The van der Waals surface area contributed by atoms with Crippen molar-refractivity contribution in [2.75, 3.05) is 0 Å². The third kappa shape index (κ3) is 2.22. The highest BCUT2D eigenvalue weighted by molar-refractivity contribution is 7.19. The molecule has 0 amide bonds. The lowest BCUT2D eigenvalue weighted by molar-refractivity contribution is 0.281. The van der Waals surface area contributed by atoms with Gasteiger partial charge in [-0.05, 0) is 12.1 Å². The minimum absolute atomic E-state index is 0.0871. The zero-order valence-electron chi connectivity index (χ0n) is 10.6. The quantitative estimate of drug-likeness (QED) is 0.618. The molecule has 0 unspecified atom stereocenters. The fourth-order valence-electron chi connectivity index (χ4n) is 1.56. The summed E-state index contributed by atoms with van der Waals surface area (Å²) in [5.74, 6) is 0.0871. The van der Waals surface area contributed by atoms with E-state index in [1.165, 1.54) is 11.3 Å². The maximum absolute atomic E-state index is 10.1. The summed E-state index contributed by atoms with van der Waals surface area (Å²) in [7, 11) is 0. The Morgan fingerprint density at radius 3 is 2.56 bits per heavy atom. The van der Waals surface area contributed by atoms with E-state index in [-0.39, 0.29) is 11.3 Å². The van der Waals surface area contributed by atoms with E-state index >= 15 is 0 Å². The molecule has 0 fully saturated rings. The zero-order chi connectivity index (χ0) is 13.3. The largest absolute Gasteiger partial charge is 0.510 e. The Bertz CT molecular complexity index is 623. The van der Waals surface area contributed by atoms with Crippen LogP contribution in [0.1, 0.15) is 25.8 Å². The Morgan fingerprint density at radius 2 is 2.00 bits per heavy atom. The lowest BCUT2D eigenvalue weighted by atomic mass is 9.91. The lowest BCUT2D eigenvalue weighted by Gasteiger charge is -2.18. The van der Waals surface area contributed by atoms with E-state index in [1.54, 1.807) is 0 Å². The van der Waals surface area contributed by atoms with Gasteiger partial charge < -0.3 is 5.11 Å². The van der Waals surface area contributed by atoms with Crippen molar-refractivity contribution in [1.82, 2.24) is 4.98 Å². The second-order valence-electron chi connectivity index (χ2n) is 5.07. The fourth-order valence-corrected chi connectivity index (χ4v) is 2.52. The summed E-state index contributed by atoms with van der Waals surface area (Å²) < 4.78 is 1.02. The van der Waals surface area contributed by atoms with Gasteiger partial charge in [0.15, 0.2) is 0 Å². The molecule has 0 aliphatic rings. The minimum Gasteiger partial charge on any atom is -0.510 e. The van der Waals surface area contributed by atoms with Gasteiger partial charge >= 0.3 is 0 Å². The number of thiazole rings is 1. The standard InChI is InChI=1S/C14H14N2OS/c1-14(2,3)12(17)9(8-15)13-16-10-6-4-5-7-11(10)18-13/h4-7,17H,1-3H3/b12-9-. The van der Waals surface area contributed by atoms with Crippen molar-refractivity contribution in [1.29, 1.82) is 5.26 Å². The number of aliphatic hydroxyl groups is 1. The molecule has 0 saturated heterocycles. The van der Waals surface area contributed by atoms with Gasteiger partial charge in [-0.15, -0.1) is 11.3 Å². The number of benzene rings is 1. The number of rotatable bonds is 1. The van der Waals surface area contributed by atoms with Crippen molar-refractivity contribution in [2.24, 2.45) is 5.41 Å². The number of hydrogen-bond acceptors (Lipinski definition) is 4. The first kappa shape index (κ1) is 12.6. The summed E-state index contributed by atoms with van der Waals surface area (Å²) in [5, 5.41) is 20.0. The van der Waals surface area contributed by atoms with Gasteiger partial charge in [0.1, 0.15) is 22.4 Å². The number of hydrogen-bond donors (Lipinski definition) is 1. The van der Waals surface area contributed by atoms with Crippen molar-refractivity contribution in [3.05, 3.63) is 35.0 Å². The van der Waals surface area contributed by atoms with Gasteiger partial charge in [-0.3, -0.25) is 0 Å². The maximum Gasteiger partial charge on any atom is 0.138 e. The summed E-state index contributed by atoms with van der Waals surface area (Å²) in [4.78, 5) is 4.40. The molecule has 4 heteroatoms. The van der Waals surface area contributed by atoms with Gasteiger partial charge in [0.05, 0.1) is 10.2 Å². The smallest absolute Gasteiger partial charge is 0.138 e. The van der Waals surface area contributed by atoms with Crippen LogP contribution >= 0.6 is 11.3 Å². The molecular formula is C14H14N2OS. The predicted molar refractivity (Wildman–Crippen MR) is 74.2 cm³/mol. The highest BCUT2D eigenvalue weighted by atomic mass is 32.1. The Hall–Kier alpha value is -1.86. The van der Waals surface area contributed by atoms with E-state index in [0.717, 1.165) is 10.2 Å². The molecule has 1 aromatic carbocycles. The molecule has 0 aliphatic carbocycles. The molecule has 0 saturated carbocycles. The molecule has 0 radical (unpaired) electrons. The van der Waals surface area contributed by atoms with E-state index in [9.17, 15) is 10.4 Å². The van der Waals surface area contributed by atoms with Crippen molar-refractivity contribution < 1.29 is 5.11 Å². The van der Waals surface area contributed by atoms with Crippen LogP contribution < -0.4 is 0 Å². The average molecular weight is 258 g/mol. The fraction of sp³-hybridized carbons (Fsp3) is 0.286. The molecule has 1 heterocycles. The molecule has 18 heavy (non-hydrogen) atoms. The number of allylic oxidation sites excluding steroid dienone is 2.